The van der Waals surface area contributed by atoms with Crippen LogP contribution in [0.4, 0.5) is 0 Å². The molecular weight excluding hydrogens is 246 g/mol. The highest BCUT2D eigenvalue weighted by molar-refractivity contribution is 5.90. The summed E-state index contributed by atoms with van der Waals surface area (Å²) in [5, 5.41) is 0. The molecule has 2 rings (SSSR count). The highest BCUT2D eigenvalue weighted by Gasteiger charge is 2.42. The molecule has 1 fully saturated rings. The van der Waals surface area contributed by atoms with Gasteiger partial charge in [0.2, 0.25) is 0 Å². The van der Waals surface area contributed by atoms with Crippen LogP contribution in [0.1, 0.15) is 43.7 Å². The predicted molar refractivity (Wildman–Crippen MR) is 83.9 cm³/mol. The zero-order chi connectivity index (χ0) is 14.8. The number of hydrogen-bond acceptors (Lipinski definition) is 2. The maximum absolute atomic E-state index is 12.9. The Morgan fingerprint density at radius 1 is 1.20 bits per heavy atom. The van der Waals surface area contributed by atoms with Gasteiger partial charge in [0, 0.05) is 6.42 Å². The van der Waals surface area contributed by atoms with E-state index in [4.69, 9.17) is 0 Å². The minimum absolute atomic E-state index is 0.239. The van der Waals surface area contributed by atoms with Crippen LogP contribution >= 0.6 is 0 Å². The van der Waals surface area contributed by atoms with E-state index in [9.17, 15) is 4.79 Å². The van der Waals surface area contributed by atoms with Crippen LogP contribution in [0.2, 0.25) is 0 Å². The van der Waals surface area contributed by atoms with Crippen molar-refractivity contribution in [1.82, 2.24) is 4.90 Å². The number of ketones is 1. The summed E-state index contributed by atoms with van der Waals surface area (Å²) >= 11 is 0. The Morgan fingerprint density at radius 3 is 2.25 bits per heavy atom. The lowest BCUT2D eigenvalue weighted by Crippen LogP contribution is -2.53. The zero-order valence-electron chi connectivity index (χ0n) is 13.3. The number of nitrogens with zero attached hydrogens (tertiary/aromatic N) is 1. The molecule has 0 saturated heterocycles. The molecule has 0 amide bonds. The molecule has 0 aromatic heterocycles. The van der Waals surface area contributed by atoms with E-state index in [2.05, 4.69) is 57.1 Å². The van der Waals surface area contributed by atoms with Crippen molar-refractivity contribution >= 4 is 5.78 Å². The quantitative estimate of drug-likeness (QED) is 0.835. The Hall–Kier alpha value is -1.15. The van der Waals surface area contributed by atoms with Crippen molar-refractivity contribution in [3.63, 3.8) is 0 Å². The van der Waals surface area contributed by atoms with Gasteiger partial charge in [0.15, 0.2) is 5.78 Å². The molecule has 1 aromatic carbocycles. The lowest BCUT2D eigenvalue weighted by Gasteiger charge is -2.43. The molecule has 0 unspecified atom stereocenters. The molecule has 0 aliphatic heterocycles. The SMILES string of the molecule is Cc1ccc(CC(=O)C2(N(C)C)CCC(C)CC2)cc1. The number of hydrogen-bond donors (Lipinski definition) is 0. The average molecular weight is 273 g/mol. The second-order valence-corrected chi connectivity index (χ2v) is 6.69. The van der Waals surface area contributed by atoms with Crippen LogP contribution in [0.5, 0.6) is 0 Å². The lowest BCUT2D eigenvalue weighted by atomic mass is 9.72. The monoisotopic (exact) mass is 273 g/mol. The Balaban J connectivity index is 2.13. The summed E-state index contributed by atoms with van der Waals surface area (Å²) in [6.07, 6.45) is 4.90. The topological polar surface area (TPSA) is 20.3 Å². The second kappa shape index (κ2) is 6.09. The minimum atomic E-state index is -0.239. The van der Waals surface area contributed by atoms with Gasteiger partial charge in [0.1, 0.15) is 0 Å². The van der Waals surface area contributed by atoms with Crippen molar-refractivity contribution in [3.05, 3.63) is 35.4 Å². The third-order valence-electron chi connectivity index (χ3n) is 4.96. The molecule has 2 heteroatoms. The van der Waals surface area contributed by atoms with Gasteiger partial charge in [-0.05, 0) is 58.2 Å². The van der Waals surface area contributed by atoms with E-state index in [1.807, 2.05) is 0 Å². The molecule has 1 aliphatic carbocycles. The standard InChI is InChI=1S/C18H27NO/c1-14-5-7-16(8-6-14)13-17(20)18(19(3)4)11-9-15(2)10-12-18/h5-8,15H,9-13H2,1-4H3. The van der Waals surface area contributed by atoms with Crippen molar-refractivity contribution < 1.29 is 4.79 Å². The normalized spacial score (nSPS) is 26.8. The van der Waals surface area contributed by atoms with Gasteiger partial charge in [-0.3, -0.25) is 9.69 Å². The third-order valence-corrected chi connectivity index (χ3v) is 4.96. The molecule has 2 nitrogen and oxygen atoms in total. The van der Waals surface area contributed by atoms with Crippen LogP contribution in [-0.4, -0.2) is 30.3 Å². The average Bonchev–Trinajstić information content (AvgIpc) is 2.42. The first-order valence-corrected chi connectivity index (χ1v) is 7.70. The molecule has 110 valence electrons. The Kier molecular flexibility index (Phi) is 4.64. The van der Waals surface area contributed by atoms with Crippen molar-refractivity contribution in [2.24, 2.45) is 5.92 Å². The van der Waals surface area contributed by atoms with Crippen LogP contribution in [0.25, 0.3) is 0 Å². The first-order valence-electron chi connectivity index (χ1n) is 7.70. The Morgan fingerprint density at radius 2 is 1.75 bits per heavy atom. The summed E-state index contributed by atoms with van der Waals surface area (Å²) in [6, 6.07) is 8.35. The first-order chi connectivity index (χ1) is 9.44. The number of rotatable bonds is 4. The first kappa shape index (κ1) is 15.2. The van der Waals surface area contributed by atoms with E-state index >= 15 is 0 Å². The molecule has 0 heterocycles. The molecule has 1 aromatic rings. The smallest absolute Gasteiger partial charge is 0.157 e. The highest BCUT2D eigenvalue weighted by atomic mass is 16.1. The summed E-state index contributed by atoms with van der Waals surface area (Å²) < 4.78 is 0. The predicted octanol–water partition coefficient (Wildman–Crippen LogP) is 3.62. The largest absolute Gasteiger partial charge is 0.297 e. The fourth-order valence-corrected chi connectivity index (χ4v) is 3.27. The molecule has 0 N–H and O–H groups in total. The lowest BCUT2D eigenvalue weighted by molar-refractivity contribution is -0.131. The van der Waals surface area contributed by atoms with Crippen molar-refractivity contribution in [1.29, 1.82) is 0 Å². The fraction of sp³-hybridized carbons (Fsp3) is 0.611. The highest BCUT2D eigenvalue weighted by Crippen LogP contribution is 2.36. The summed E-state index contributed by atoms with van der Waals surface area (Å²) in [6.45, 7) is 4.37. The number of benzene rings is 1. The number of carbonyl (C=O) groups is 1. The number of Topliss-reactive ketones (excluding diaryl/α,β-unsaturated/α-hetero) is 1. The van der Waals surface area contributed by atoms with Gasteiger partial charge in [0.25, 0.3) is 0 Å². The van der Waals surface area contributed by atoms with E-state index in [1.165, 1.54) is 5.56 Å². The second-order valence-electron chi connectivity index (χ2n) is 6.69. The van der Waals surface area contributed by atoms with Gasteiger partial charge in [0.05, 0.1) is 5.54 Å². The van der Waals surface area contributed by atoms with E-state index in [0.717, 1.165) is 37.2 Å². The van der Waals surface area contributed by atoms with E-state index in [-0.39, 0.29) is 5.54 Å². The fourth-order valence-electron chi connectivity index (χ4n) is 3.27. The molecular formula is C18H27NO. The minimum Gasteiger partial charge on any atom is -0.297 e. The number of likely N-dealkylation sites (N-methyl/N-ethyl adjacent to an activating group) is 1. The summed E-state index contributed by atoms with van der Waals surface area (Å²) in [4.78, 5) is 15.0. The molecule has 1 aliphatic rings. The van der Waals surface area contributed by atoms with Crippen LogP contribution in [-0.2, 0) is 11.2 Å². The summed E-state index contributed by atoms with van der Waals surface area (Å²) in [7, 11) is 4.12. The molecule has 0 spiro atoms. The Bertz CT molecular complexity index is 453. The van der Waals surface area contributed by atoms with E-state index < -0.39 is 0 Å². The van der Waals surface area contributed by atoms with Crippen LogP contribution in [0, 0.1) is 12.8 Å². The van der Waals surface area contributed by atoms with Crippen molar-refractivity contribution in [2.45, 2.75) is 51.5 Å². The van der Waals surface area contributed by atoms with Gasteiger partial charge in [-0.2, -0.15) is 0 Å². The van der Waals surface area contributed by atoms with Crippen LogP contribution < -0.4 is 0 Å². The maximum Gasteiger partial charge on any atom is 0.157 e. The number of carbonyl (C=O) groups excluding carboxylic acids is 1. The van der Waals surface area contributed by atoms with Gasteiger partial charge in [-0.1, -0.05) is 36.8 Å². The zero-order valence-corrected chi connectivity index (χ0v) is 13.3. The van der Waals surface area contributed by atoms with Gasteiger partial charge < -0.3 is 0 Å². The molecule has 0 radical (unpaired) electrons. The van der Waals surface area contributed by atoms with Crippen LogP contribution in [0.15, 0.2) is 24.3 Å². The third kappa shape index (κ3) is 3.12. The van der Waals surface area contributed by atoms with Gasteiger partial charge in [-0.15, -0.1) is 0 Å². The Labute approximate surface area is 123 Å². The van der Waals surface area contributed by atoms with Crippen LogP contribution in [0.3, 0.4) is 0 Å². The molecule has 1 saturated carbocycles. The molecule has 0 atom stereocenters. The summed E-state index contributed by atoms with van der Waals surface area (Å²) in [5.41, 5.74) is 2.15. The van der Waals surface area contributed by atoms with E-state index in [1.54, 1.807) is 0 Å². The van der Waals surface area contributed by atoms with Gasteiger partial charge >= 0.3 is 0 Å². The number of aryl methyl sites for hydroxylation is 1. The van der Waals surface area contributed by atoms with E-state index in [0.29, 0.717) is 12.2 Å². The molecule has 20 heavy (non-hydrogen) atoms. The maximum atomic E-state index is 12.9. The van der Waals surface area contributed by atoms with Crippen molar-refractivity contribution in [2.75, 3.05) is 14.1 Å². The van der Waals surface area contributed by atoms with Crippen molar-refractivity contribution in [3.8, 4) is 0 Å². The molecule has 0 bridgehead atoms. The summed E-state index contributed by atoms with van der Waals surface area (Å²) in [5.74, 6) is 1.15. The van der Waals surface area contributed by atoms with Gasteiger partial charge in [-0.25, -0.2) is 0 Å².